The number of hydrogen-bond donors (Lipinski definition) is 0. The second-order valence-electron chi connectivity index (χ2n) is 21.2. The van der Waals surface area contributed by atoms with Crippen molar-refractivity contribution in [1.82, 2.24) is 29.9 Å². The van der Waals surface area contributed by atoms with Crippen molar-refractivity contribution in [2.75, 3.05) is 0 Å². The fourth-order valence-corrected chi connectivity index (χ4v) is 11.4. The van der Waals surface area contributed by atoms with E-state index >= 15 is 0 Å². The largest absolute Gasteiger partial charge is 0.463 e. The van der Waals surface area contributed by atoms with Gasteiger partial charge in [-0.2, -0.15) is 0 Å². The average Bonchev–Trinajstić information content (AvgIpc) is 3.61. The molecule has 6 aromatic carbocycles. The van der Waals surface area contributed by atoms with Crippen LogP contribution < -0.4 is 0 Å². The Kier molecular flexibility index (Phi) is 17.7. The third kappa shape index (κ3) is 14.6. The van der Waals surface area contributed by atoms with E-state index in [-0.39, 0.29) is 17.3 Å². The lowest BCUT2D eigenvalue weighted by molar-refractivity contribution is -0.118. The number of ketones is 3. The number of aromatic nitrogens is 6. The summed E-state index contributed by atoms with van der Waals surface area (Å²) in [4.78, 5) is 68.3. The Balaban J connectivity index is 0.000000133. The molecular formula is C72H60N6O5S2. The zero-order valence-corrected chi connectivity index (χ0v) is 49.5. The van der Waals surface area contributed by atoms with Crippen molar-refractivity contribution in [1.29, 1.82) is 0 Å². The second-order valence-corrected chi connectivity index (χ2v) is 23.1. The Bertz CT molecular complexity index is 4450. The third-order valence-electron chi connectivity index (χ3n) is 14.3. The van der Waals surface area contributed by atoms with Gasteiger partial charge in [-0.15, -0.1) is 22.7 Å². The van der Waals surface area contributed by atoms with E-state index < -0.39 is 0 Å². The molecule has 0 saturated heterocycles. The molecule has 0 radical (unpaired) electrons. The number of thiophene rings is 2. The Labute approximate surface area is 501 Å². The Hall–Kier alpha value is -9.69. The summed E-state index contributed by atoms with van der Waals surface area (Å²) in [6.45, 7) is 9.97. The number of nitrogens with zero attached hydrogens (tertiary/aromatic N) is 6. The first-order valence-electron chi connectivity index (χ1n) is 28.0. The van der Waals surface area contributed by atoms with Gasteiger partial charge in [0.1, 0.15) is 40.1 Å². The molecule has 11 nitrogen and oxygen atoms in total. The van der Waals surface area contributed by atoms with Crippen molar-refractivity contribution in [3.63, 3.8) is 0 Å². The number of carbonyl (C=O) groups is 3. The first-order valence-corrected chi connectivity index (χ1v) is 29.8. The normalized spacial score (nSPS) is 11.1. The van der Waals surface area contributed by atoms with E-state index in [1.807, 2.05) is 191 Å². The van der Waals surface area contributed by atoms with Crippen LogP contribution in [-0.2, 0) is 52.9 Å². The molecule has 0 fully saturated rings. The van der Waals surface area contributed by atoms with Crippen molar-refractivity contribution in [3.8, 4) is 44.1 Å². The molecule has 13 rings (SSSR count). The quantitative estimate of drug-likeness (QED) is 0.0908. The molecule has 7 aromatic heterocycles. The van der Waals surface area contributed by atoms with Crippen LogP contribution in [0.5, 0.6) is 0 Å². The van der Waals surface area contributed by atoms with E-state index in [0.29, 0.717) is 50.0 Å². The molecule has 0 unspecified atom stereocenters. The van der Waals surface area contributed by atoms with E-state index in [9.17, 15) is 14.4 Å². The fraction of sp³-hybridized carbons (Fsp3) is 0.153. The first-order chi connectivity index (χ1) is 41.3. The van der Waals surface area contributed by atoms with Gasteiger partial charge in [0.25, 0.3) is 0 Å². The monoisotopic (exact) mass is 1150 g/mol. The number of furan rings is 2. The summed E-state index contributed by atoms with van der Waals surface area (Å²) in [6, 6.07) is 57.6. The van der Waals surface area contributed by atoms with Gasteiger partial charge in [-0.25, -0.2) is 29.9 Å². The maximum absolute atomic E-state index is 12.6. The Morgan fingerprint density at radius 3 is 0.988 bits per heavy atom. The number of hydrogen-bond acceptors (Lipinski definition) is 13. The predicted octanol–water partition coefficient (Wildman–Crippen LogP) is 16.5. The van der Waals surface area contributed by atoms with Crippen molar-refractivity contribution >= 4 is 73.1 Å². The Morgan fingerprint density at radius 2 is 0.635 bits per heavy atom. The standard InChI is InChI=1S/C26H20N2OS2.2C23H20N2O2/c1-17-6-8-18(9-7-17)14-20(29)15-19-10-11-21-22(16-19)28-26(24-5-3-13-31-24)25(27-21)23-4-2-12-30-23;1-15-5-7-17(8-6-15)12-19(26)13-18-9-10-20-21(14-18)24-16(2)23(25-20)22-4-3-11-27-22;1-15-5-7-17(8-6-15)12-19(26)13-18-9-10-20-21(14-18)25-23(16(2)24-20)22-4-3-11-27-22/h2-13,16H,14-15H2,1H3;2*3-11,14H,12-13H2,1-2H3. The van der Waals surface area contributed by atoms with E-state index in [4.69, 9.17) is 23.8 Å². The number of aryl methyl sites for hydroxylation is 5. The molecular weight excluding hydrogens is 1090 g/mol. The lowest BCUT2D eigenvalue weighted by Gasteiger charge is -2.09. The first kappa shape index (κ1) is 57.1. The van der Waals surface area contributed by atoms with Crippen LogP contribution in [-0.4, -0.2) is 47.3 Å². The highest BCUT2D eigenvalue weighted by Crippen LogP contribution is 2.36. The summed E-state index contributed by atoms with van der Waals surface area (Å²) in [5, 5.41) is 4.11. The molecule has 0 N–H and O–H groups in total. The van der Waals surface area contributed by atoms with Crippen molar-refractivity contribution in [2.45, 2.75) is 73.1 Å². The summed E-state index contributed by atoms with van der Waals surface area (Å²) in [7, 11) is 0. The molecule has 7 heterocycles. The van der Waals surface area contributed by atoms with Crippen molar-refractivity contribution in [2.24, 2.45) is 0 Å². The maximum atomic E-state index is 12.6. The van der Waals surface area contributed by atoms with Gasteiger partial charge in [0.05, 0.1) is 66.8 Å². The summed E-state index contributed by atoms with van der Waals surface area (Å²) < 4.78 is 10.9. The average molecular weight is 1150 g/mol. The van der Waals surface area contributed by atoms with Gasteiger partial charge in [0, 0.05) is 38.5 Å². The zero-order valence-electron chi connectivity index (χ0n) is 47.8. The number of carbonyl (C=O) groups excluding carboxylic acids is 3. The smallest absolute Gasteiger partial charge is 0.154 e. The molecule has 0 amide bonds. The van der Waals surface area contributed by atoms with Gasteiger partial charge in [-0.05, 0) is 152 Å². The predicted molar refractivity (Wildman–Crippen MR) is 341 cm³/mol. The summed E-state index contributed by atoms with van der Waals surface area (Å²) in [5.74, 6) is 1.98. The van der Waals surface area contributed by atoms with E-state index in [0.717, 1.165) is 110 Å². The van der Waals surface area contributed by atoms with Gasteiger partial charge in [-0.3, -0.25) is 14.4 Å². The molecule has 0 atom stereocenters. The molecule has 0 spiro atoms. The van der Waals surface area contributed by atoms with Crippen LogP contribution in [0.15, 0.2) is 208 Å². The summed E-state index contributed by atoms with van der Waals surface area (Å²) >= 11 is 3.33. The number of fused-ring (bicyclic) bond motifs is 3. The molecule has 0 aliphatic rings. The van der Waals surface area contributed by atoms with Gasteiger partial charge < -0.3 is 8.83 Å². The van der Waals surface area contributed by atoms with Gasteiger partial charge in [0.2, 0.25) is 0 Å². The van der Waals surface area contributed by atoms with Gasteiger partial charge in [0.15, 0.2) is 11.5 Å². The molecule has 420 valence electrons. The van der Waals surface area contributed by atoms with E-state index in [1.165, 1.54) is 16.7 Å². The SMILES string of the molecule is Cc1ccc(CC(=O)Cc2ccc3nc(-c4ccco4)c(C)nc3c2)cc1.Cc1ccc(CC(=O)Cc2ccc3nc(-c4cccs4)c(-c4cccs4)nc3c2)cc1.Cc1ccc(CC(=O)Cc2ccc3nc(C)c(-c4ccco4)nc3c2)cc1. The minimum atomic E-state index is 0.185. The van der Waals surface area contributed by atoms with Crippen molar-refractivity contribution in [3.05, 3.63) is 261 Å². The second kappa shape index (κ2) is 26.3. The van der Waals surface area contributed by atoms with Crippen LogP contribution in [0.25, 0.3) is 77.2 Å². The van der Waals surface area contributed by atoms with E-state index in [2.05, 4.69) is 44.8 Å². The van der Waals surface area contributed by atoms with Crippen LogP contribution in [0.1, 0.15) is 61.5 Å². The highest BCUT2D eigenvalue weighted by atomic mass is 32.1. The maximum Gasteiger partial charge on any atom is 0.154 e. The molecule has 0 aliphatic heterocycles. The van der Waals surface area contributed by atoms with E-state index in [1.54, 1.807) is 35.2 Å². The van der Waals surface area contributed by atoms with Crippen LogP contribution in [0.3, 0.4) is 0 Å². The topological polar surface area (TPSA) is 155 Å². The van der Waals surface area contributed by atoms with Gasteiger partial charge >= 0.3 is 0 Å². The highest BCUT2D eigenvalue weighted by molar-refractivity contribution is 7.14. The van der Waals surface area contributed by atoms with Crippen LogP contribution >= 0.6 is 22.7 Å². The zero-order chi connectivity index (χ0) is 58.8. The summed E-state index contributed by atoms with van der Waals surface area (Å²) in [5.41, 5.74) is 19.4. The lowest BCUT2D eigenvalue weighted by Crippen LogP contribution is -2.07. The molecule has 13 heteroatoms. The molecule has 0 bridgehead atoms. The molecule has 85 heavy (non-hydrogen) atoms. The van der Waals surface area contributed by atoms with Crippen LogP contribution in [0.2, 0.25) is 0 Å². The van der Waals surface area contributed by atoms with Crippen molar-refractivity contribution < 1.29 is 23.2 Å². The minimum Gasteiger partial charge on any atom is -0.463 e. The third-order valence-corrected chi connectivity index (χ3v) is 16.1. The number of Topliss-reactive ketones (excluding diaryl/α,β-unsaturated/α-hetero) is 3. The molecule has 13 aromatic rings. The fourth-order valence-electron chi connectivity index (χ4n) is 9.94. The van der Waals surface area contributed by atoms with Crippen LogP contribution in [0.4, 0.5) is 0 Å². The van der Waals surface area contributed by atoms with Gasteiger partial charge in [-0.1, -0.05) is 120 Å². The Morgan fingerprint density at radius 1 is 0.329 bits per heavy atom. The van der Waals surface area contributed by atoms with Crippen LogP contribution in [0, 0.1) is 34.6 Å². The lowest BCUT2D eigenvalue weighted by atomic mass is 10.0. The number of rotatable bonds is 16. The summed E-state index contributed by atoms with van der Waals surface area (Å²) in [6.07, 6.45) is 5.76. The molecule has 0 saturated carbocycles. The molecule has 0 aliphatic carbocycles. The highest BCUT2D eigenvalue weighted by Gasteiger charge is 2.18. The minimum absolute atomic E-state index is 0.185. The number of benzene rings is 6.